The Morgan fingerprint density at radius 2 is 2.29 bits per heavy atom. The second-order valence-electron chi connectivity index (χ2n) is 4.21. The van der Waals surface area contributed by atoms with E-state index in [1.165, 1.54) is 23.9 Å². The minimum Gasteiger partial charge on any atom is -0.476 e. The maximum absolute atomic E-state index is 11.0. The molecule has 2 aromatic rings. The number of aromatic carboxylic acids is 1. The Hall–Kier alpha value is -2.81. The summed E-state index contributed by atoms with van der Waals surface area (Å²) in [4.78, 5) is 21.3. The summed E-state index contributed by atoms with van der Waals surface area (Å²) in [6, 6.07) is 6.02. The van der Waals surface area contributed by atoms with Gasteiger partial charge in [-0.25, -0.2) is 9.48 Å². The number of nitro groups is 1. The first-order valence-electron chi connectivity index (χ1n) is 5.91. The van der Waals surface area contributed by atoms with E-state index in [9.17, 15) is 14.9 Å². The fourth-order valence-electron chi connectivity index (χ4n) is 1.85. The molecule has 0 aliphatic heterocycles. The van der Waals surface area contributed by atoms with Crippen molar-refractivity contribution in [3.8, 4) is 0 Å². The van der Waals surface area contributed by atoms with Crippen LogP contribution in [0.15, 0.2) is 24.3 Å². The summed E-state index contributed by atoms with van der Waals surface area (Å²) < 4.78 is 6.30. The van der Waals surface area contributed by atoms with Gasteiger partial charge in [-0.15, -0.1) is 5.10 Å². The van der Waals surface area contributed by atoms with Crippen molar-refractivity contribution in [2.75, 3.05) is 7.11 Å². The molecule has 0 saturated heterocycles. The molecule has 9 nitrogen and oxygen atoms in total. The predicted octanol–water partition coefficient (Wildman–Crippen LogP) is 1.08. The maximum Gasteiger partial charge on any atom is 0.358 e. The van der Waals surface area contributed by atoms with Gasteiger partial charge in [0.15, 0.2) is 5.69 Å². The van der Waals surface area contributed by atoms with Gasteiger partial charge in [-0.05, 0) is 5.56 Å². The van der Waals surface area contributed by atoms with Crippen molar-refractivity contribution in [3.63, 3.8) is 0 Å². The molecular weight excluding hydrogens is 280 g/mol. The topological polar surface area (TPSA) is 120 Å². The zero-order valence-corrected chi connectivity index (χ0v) is 11.1. The molecule has 0 radical (unpaired) electrons. The van der Waals surface area contributed by atoms with E-state index in [1.807, 2.05) is 0 Å². The van der Waals surface area contributed by atoms with E-state index in [0.717, 1.165) is 0 Å². The molecule has 1 aromatic carbocycles. The van der Waals surface area contributed by atoms with Crippen LogP contribution in [0.4, 0.5) is 5.69 Å². The summed E-state index contributed by atoms with van der Waals surface area (Å²) >= 11 is 0. The zero-order chi connectivity index (χ0) is 15.4. The third kappa shape index (κ3) is 3.20. The molecule has 0 saturated carbocycles. The second kappa shape index (κ2) is 6.09. The van der Waals surface area contributed by atoms with Gasteiger partial charge in [-0.1, -0.05) is 17.3 Å². The lowest BCUT2D eigenvalue weighted by Gasteiger charge is -2.06. The Bertz CT molecular complexity index is 682. The zero-order valence-electron chi connectivity index (χ0n) is 11.1. The van der Waals surface area contributed by atoms with Gasteiger partial charge in [0.25, 0.3) is 5.69 Å². The van der Waals surface area contributed by atoms with E-state index in [4.69, 9.17) is 9.84 Å². The van der Waals surface area contributed by atoms with Gasteiger partial charge >= 0.3 is 5.97 Å². The van der Waals surface area contributed by atoms with Crippen LogP contribution < -0.4 is 0 Å². The fraction of sp³-hybridized carbons (Fsp3) is 0.250. The quantitative estimate of drug-likeness (QED) is 0.624. The molecule has 0 unspecified atom stereocenters. The number of hydrogen-bond acceptors (Lipinski definition) is 6. The average molecular weight is 292 g/mol. The van der Waals surface area contributed by atoms with E-state index < -0.39 is 10.9 Å². The number of nitro benzene ring substituents is 1. The number of carboxylic acids is 1. The summed E-state index contributed by atoms with van der Waals surface area (Å²) in [6.07, 6.45) is 0. The highest BCUT2D eigenvalue weighted by Gasteiger charge is 2.19. The number of nitrogens with zero attached hydrogens (tertiary/aromatic N) is 4. The third-order valence-electron chi connectivity index (χ3n) is 2.77. The van der Waals surface area contributed by atoms with Crippen LogP contribution in [0.5, 0.6) is 0 Å². The summed E-state index contributed by atoms with van der Waals surface area (Å²) in [7, 11) is 1.43. The third-order valence-corrected chi connectivity index (χ3v) is 2.77. The highest BCUT2D eigenvalue weighted by Crippen LogP contribution is 2.15. The second-order valence-corrected chi connectivity index (χ2v) is 4.21. The van der Waals surface area contributed by atoms with Crippen LogP contribution >= 0.6 is 0 Å². The highest BCUT2D eigenvalue weighted by molar-refractivity contribution is 5.86. The molecule has 0 fully saturated rings. The molecule has 1 aromatic heterocycles. The van der Waals surface area contributed by atoms with Crippen molar-refractivity contribution < 1.29 is 19.6 Å². The van der Waals surface area contributed by atoms with Crippen LogP contribution in [0.2, 0.25) is 0 Å². The molecule has 2 rings (SSSR count). The normalized spacial score (nSPS) is 10.5. The molecule has 0 aliphatic rings. The van der Waals surface area contributed by atoms with Crippen LogP contribution in [0.1, 0.15) is 21.7 Å². The minimum absolute atomic E-state index is 0.0313. The standard InChI is InChI=1S/C12H12N4O5/c1-21-7-10-11(12(17)18)13-14-15(10)6-8-3-2-4-9(5-8)16(19)20/h2-5H,6-7H2,1H3,(H,17,18). The van der Waals surface area contributed by atoms with Gasteiger partial charge in [0.05, 0.1) is 23.8 Å². The van der Waals surface area contributed by atoms with Crippen LogP contribution in [-0.4, -0.2) is 38.1 Å². The molecule has 1 N–H and O–H groups in total. The van der Waals surface area contributed by atoms with Crippen molar-refractivity contribution in [1.29, 1.82) is 0 Å². The molecule has 110 valence electrons. The Labute approximate surface area is 118 Å². The number of carboxylic acid groups (broad SMARTS) is 1. The number of benzene rings is 1. The van der Waals surface area contributed by atoms with Crippen molar-refractivity contribution in [2.24, 2.45) is 0 Å². The van der Waals surface area contributed by atoms with Gasteiger partial charge in [0.1, 0.15) is 0 Å². The van der Waals surface area contributed by atoms with Gasteiger partial charge in [-0.2, -0.15) is 0 Å². The molecule has 1 heterocycles. The van der Waals surface area contributed by atoms with Crippen LogP contribution in [0.25, 0.3) is 0 Å². The number of ether oxygens (including phenoxy) is 1. The predicted molar refractivity (Wildman–Crippen MR) is 69.9 cm³/mol. The molecule has 21 heavy (non-hydrogen) atoms. The lowest BCUT2D eigenvalue weighted by atomic mass is 10.2. The molecule has 9 heteroatoms. The molecule has 0 amide bonds. The first kappa shape index (κ1) is 14.6. The van der Waals surface area contributed by atoms with Crippen molar-refractivity contribution >= 4 is 11.7 Å². The lowest BCUT2D eigenvalue weighted by Crippen LogP contribution is -2.10. The first-order valence-corrected chi connectivity index (χ1v) is 5.91. The largest absolute Gasteiger partial charge is 0.476 e. The van der Waals surface area contributed by atoms with E-state index in [-0.39, 0.29) is 24.5 Å². The van der Waals surface area contributed by atoms with E-state index >= 15 is 0 Å². The average Bonchev–Trinajstić information content (AvgIpc) is 2.83. The molecular formula is C12H12N4O5. The van der Waals surface area contributed by atoms with Gasteiger partial charge in [0, 0.05) is 19.2 Å². The van der Waals surface area contributed by atoms with Gasteiger partial charge in [0.2, 0.25) is 0 Å². The van der Waals surface area contributed by atoms with Crippen LogP contribution in [-0.2, 0) is 17.9 Å². The van der Waals surface area contributed by atoms with Crippen molar-refractivity contribution in [3.05, 3.63) is 51.3 Å². The Morgan fingerprint density at radius 1 is 1.52 bits per heavy atom. The number of aromatic nitrogens is 3. The number of hydrogen-bond donors (Lipinski definition) is 1. The molecule has 0 atom stereocenters. The Morgan fingerprint density at radius 3 is 2.90 bits per heavy atom. The van der Waals surface area contributed by atoms with E-state index in [1.54, 1.807) is 12.1 Å². The molecule has 0 spiro atoms. The van der Waals surface area contributed by atoms with Crippen LogP contribution in [0, 0.1) is 10.1 Å². The number of non-ortho nitro benzene ring substituents is 1. The minimum atomic E-state index is -1.20. The number of methoxy groups -OCH3 is 1. The monoisotopic (exact) mass is 292 g/mol. The van der Waals surface area contributed by atoms with Crippen molar-refractivity contribution in [1.82, 2.24) is 15.0 Å². The summed E-state index contributed by atoms with van der Waals surface area (Å²) in [6.45, 7) is 0.199. The molecule has 0 aliphatic carbocycles. The van der Waals surface area contributed by atoms with Crippen LogP contribution in [0.3, 0.4) is 0 Å². The summed E-state index contributed by atoms with van der Waals surface area (Å²) in [5.41, 5.74) is 0.682. The SMILES string of the molecule is COCc1c(C(=O)O)nnn1Cc1cccc([N+](=O)[O-])c1. The first-order chi connectivity index (χ1) is 10.0. The van der Waals surface area contributed by atoms with E-state index in [0.29, 0.717) is 11.3 Å². The molecule has 0 bridgehead atoms. The Kier molecular flexibility index (Phi) is 4.24. The van der Waals surface area contributed by atoms with E-state index in [2.05, 4.69) is 10.3 Å². The fourth-order valence-corrected chi connectivity index (χ4v) is 1.85. The van der Waals surface area contributed by atoms with Crippen molar-refractivity contribution in [2.45, 2.75) is 13.2 Å². The summed E-state index contributed by atoms with van der Waals surface area (Å²) in [5, 5.41) is 27.1. The maximum atomic E-state index is 11.0. The highest BCUT2D eigenvalue weighted by atomic mass is 16.6. The summed E-state index contributed by atoms with van der Waals surface area (Å²) in [5.74, 6) is -1.20. The lowest BCUT2D eigenvalue weighted by molar-refractivity contribution is -0.384. The van der Waals surface area contributed by atoms with Gasteiger partial charge < -0.3 is 9.84 Å². The van der Waals surface area contributed by atoms with Gasteiger partial charge in [-0.3, -0.25) is 10.1 Å². The Balaban J connectivity index is 2.33. The number of rotatable bonds is 6. The number of carbonyl (C=O) groups is 1. The smallest absolute Gasteiger partial charge is 0.358 e.